The third-order valence-corrected chi connectivity index (χ3v) is 7.16. The van der Waals surface area contributed by atoms with E-state index in [0.29, 0.717) is 33.9 Å². The molecule has 2 heterocycles. The number of aromatic nitrogens is 1. The van der Waals surface area contributed by atoms with E-state index in [4.69, 9.17) is 4.74 Å². The number of nitrogens with zero attached hydrogens (tertiary/aromatic N) is 2. The van der Waals surface area contributed by atoms with Crippen LogP contribution in [0.3, 0.4) is 0 Å². The van der Waals surface area contributed by atoms with Crippen molar-refractivity contribution in [3.05, 3.63) is 69.6 Å². The molecule has 8 heteroatoms. The molecule has 0 aliphatic heterocycles. The molecule has 0 saturated heterocycles. The van der Waals surface area contributed by atoms with Gasteiger partial charge in [0.25, 0.3) is 5.91 Å². The Balaban J connectivity index is 1.72. The number of ether oxygens (including phenoxy) is 1. The van der Waals surface area contributed by atoms with Gasteiger partial charge in [-0.05, 0) is 55.3 Å². The number of Topliss-reactive ketones (excluding diaryl/α,β-unsaturated/α-hetero) is 1. The largest absolute Gasteiger partial charge is 0.380 e. The van der Waals surface area contributed by atoms with Crippen molar-refractivity contribution in [2.45, 2.75) is 26.7 Å². The van der Waals surface area contributed by atoms with Crippen LogP contribution in [0.25, 0.3) is 21.0 Å². The number of ketones is 1. The third-order valence-electron chi connectivity index (χ3n) is 5.78. The average Bonchev–Trinajstić information content (AvgIpc) is 3.15. The van der Waals surface area contributed by atoms with E-state index < -0.39 is 6.23 Å². The number of hydrogen-bond donors (Lipinski definition) is 2. The summed E-state index contributed by atoms with van der Waals surface area (Å²) in [7, 11) is 5.06. The monoisotopic (exact) mass is 477 g/mol. The molecule has 2 aromatic carbocycles. The highest BCUT2D eigenvalue weighted by Gasteiger charge is 2.22. The molecule has 4 aromatic rings. The Morgan fingerprint density at radius 2 is 1.91 bits per heavy atom. The first-order valence-electron chi connectivity index (χ1n) is 10.8. The lowest BCUT2D eigenvalue weighted by atomic mass is 10.0. The van der Waals surface area contributed by atoms with Crippen molar-refractivity contribution in [1.29, 1.82) is 0 Å². The van der Waals surface area contributed by atoms with Crippen LogP contribution in [0.4, 0.5) is 5.82 Å². The van der Waals surface area contributed by atoms with Crippen molar-refractivity contribution in [1.82, 2.24) is 9.88 Å². The van der Waals surface area contributed by atoms with E-state index in [1.807, 2.05) is 31.2 Å². The maximum absolute atomic E-state index is 12.5. The smallest absolute Gasteiger partial charge is 0.254 e. The first-order chi connectivity index (χ1) is 16.2. The molecule has 1 atom stereocenters. The van der Waals surface area contributed by atoms with Gasteiger partial charge in [-0.3, -0.25) is 9.59 Å². The second-order valence-electron chi connectivity index (χ2n) is 8.37. The molecule has 0 aliphatic carbocycles. The van der Waals surface area contributed by atoms with Gasteiger partial charge in [-0.15, -0.1) is 11.3 Å². The molecule has 4 rings (SSSR count). The lowest BCUT2D eigenvalue weighted by molar-refractivity contribution is 0.0829. The lowest BCUT2D eigenvalue weighted by Crippen LogP contribution is -2.21. The zero-order valence-electron chi connectivity index (χ0n) is 19.8. The van der Waals surface area contributed by atoms with E-state index in [1.54, 1.807) is 46.3 Å². The maximum Gasteiger partial charge on any atom is 0.254 e. The van der Waals surface area contributed by atoms with E-state index >= 15 is 0 Å². The normalized spacial score (nSPS) is 12.2. The minimum atomic E-state index is -1.02. The van der Waals surface area contributed by atoms with E-state index in [0.717, 1.165) is 26.6 Å². The lowest BCUT2D eigenvalue weighted by Gasteiger charge is -2.15. The number of amides is 1. The average molecular weight is 478 g/mol. The molecule has 7 nitrogen and oxygen atoms in total. The minimum Gasteiger partial charge on any atom is -0.380 e. The molecule has 0 radical (unpaired) electrons. The number of aliphatic hydroxyl groups excluding tert-OH is 1. The molecule has 0 saturated carbocycles. The molecule has 34 heavy (non-hydrogen) atoms. The fraction of sp³-hybridized carbons (Fsp3) is 0.269. The van der Waals surface area contributed by atoms with Gasteiger partial charge in [-0.1, -0.05) is 12.1 Å². The number of aryl methyl sites for hydroxylation is 1. The van der Waals surface area contributed by atoms with Crippen LogP contribution in [0.1, 0.15) is 49.9 Å². The van der Waals surface area contributed by atoms with Crippen LogP contribution in [-0.2, 0) is 11.3 Å². The van der Waals surface area contributed by atoms with Gasteiger partial charge in [-0.2, -0.15) is 0 Å². The summed E-state index contributed by atoms with van der Waals surface area (Å²) in [6.07, 6.45) is -1.02. The summed E-state index contributed by atoms with van der Waals surface area (Å²) in [5.74, 6) is 0.362. The van der Waals surface area contributed by atoms with Crippen LogP contribution >= 0.6 is 11.3 Å². The fourth-order valence-electron chi connectivity index (χ4n) is 4.13. The van der Waals surface area contributed by atoms with Gasteiger partial charge in [0.15, 0.2) is 12.0 Å². The first-order valence-corrected chi connectivity index (χ1v) is 11.6. The fourth-order valence-corrected chi connectivity index (χ4v) is 5.49. The van der Waals surface area contributed by atoms with Crippen molar-refractivity contribution in [2.24, 2.45) is 0 Å². The van der Waals surface area contributed by atoms with Crippen molar-refractivity contribution in [3.8, 4) is 0 Å². The Labute approximate surface area is 202 Å². The van der Waals surface area contributed by atoms with Gasteiger partial charge in [0, 0.05) is 47.8 Å². The van der Waals surface area contributed by atoms with E-state index in [9.17, 15) is 14.7 Å². The number of hydrogen-bond acceptors (Lipinski definition) is 7. The summed E-state index contributed by atoms with van der Waals surface area (Å²) in [5, 5.41) is 15.8. The highest BCUT2D eigenvalue weighted by atomic mass is 32.1. The van der Waals surface area contributed by atoms with Crippen molar-refractivity contribution >= 4 is 49.8 Å². The number of aliphatic hydroxyl groups is 1. The maximum atomic E-state index is 12.5. The number of rotatable bonds is 7. The number of pyridine rings is 1. The molecular formula is C26H27N3O4S. The zero-order valence-corrected chi connectivity index (χ0v) is 20.6. The molecule has 176 valence electrons. The summed E-state index contributed by atoms with van der Waals surface area (Å²) in [6, 6.07) is 12.7. The van der Waals surface area contributed by atoms with E-state index in [2.05, 4.69) is 10.3 Å². The van der Waals surface area contributed by atoms with Gasteiger partial charge in [-0.25, -0.2) is 4.98 Å². The highest BCUT2D eigenvalue weighted by molar-refractivity contribution is 7.19. The van der Waals surface area contributed by atoms with Gasteiger partial charge < -0.3 is 20.1 Å². The first kappa shape index (κ1) is 23.8. The summed E-state index contributed by atoms with van der Waals surface area (Å²) in [6.45, 7) is 3.90. The van der Waals surface area contributed by atoms with Gasteiger partial charge in [0.2, 0.25) is 0 Å². The van der Waals surface area contributed by atoms with Gasteiger partial charge >= 0.3 is 0 Å². The number of anilines is 1. The molecule has 0 bridgehead atoms. The van der Waals surface area contributed by atoms with Gasteiger partial charge in [0.05, 0.1) is 17.0 Å². The summed E-state index contributed by atoms with van der Waals surface area (Å²) >= 11 is 1.39. The number of carbonyl (C=O) groups is 2. The Morgan fingerprint density at radius 3 is 2.59 bits per heavy atom. The number of nitrogens with one attached hydrogen (secondary N) is 1. The summed E-state index contributed by atoms with van der Waals surface area (Å²) < 4.78 is 6.18. The Morgan fingerprint density at radius 1 is 1.15 bits per heavy atom. The quantitative estimate of drug-likeness (QED) is 0.290. The molecule has 0 fully saturated rings. The molecule has 1 unspecified atom stereocenters. The molecular weight excluding hydrogens is 450 g/mol. The molecule has 0 spiro atoms. The molecule has 2 N–H and O–H groups in total. The van der Waals surface area contributed by atoms with Crippen LogP contribution in [0, 0.1) is 6.92 Å². The Hall–Kier alpha value is -3.33. The van der Waals surface area contributed by atoms with Crippen molar-refractivity contribution < 1.29 is 19.4 Å². The van der Waals surface area contributed by atoms with Crippen molar-refractivity contribution in [2.75, 3.05) is 26.5 Å². The van der Waals surface area contributed by atoms with Crippen LogP contribution in [-0.4, -0.2) is 47.9 Å². The number of thiophene rings is 1. The summed E-state index contributed by atoms with van der Waals surface area (Å²) in [5.41, 5.74) is 3.72. The highest BCUT2D eigenvalue weighted by Crippen LogP contribution is 2.39. The predicted molar refractivity (Wildman–Crippen MR) is 136 cm³/mol. The minimum absolute atomic E-state index is 0.0245. The summed E-state index contributed by atoms with van der Waals surface area (Å²) in [4.78, 5) is 31.5. The Bertz CT molecular complexity index is 1410. The molecule has 2 aromatic heterocycles. The van der Waals surface area contributed by atoms with E-state index in [-0.39, 0.29) is 11.7 Å². The SMILES string of the molecule is COCc1ccc(C(C)=O)c2sc(C(O)Nc3ccc4c(C(=O)N(C)C)cccc4n3)c(C)c12. The number of methoxy groups -OCH3 is 1. The molecule has 1 amide bonds. The second-order valence-corrected chi connectivity index (χ2v) is 9.42. The third kappa shape index (κ3) is 4.27. The molecule has 0 aliphatic rings. The van der Waals surface area contributed by atoms with Crippen LogP contribution in [0.2, 0.25) is 0 Å². The number of benzene rings is 2. The zero-order chi connectivity index (χ0) is 24.6. The van der Waals surface area contributed by atoms with Crippen LogP contribution in [0.5, 0.6) is 0 Å². The van der Waals surface area contributed by atoms with Crippen LogP contribution in [0.15, 0.2) is 42.5 Å². The van der Waals surface area contributed by atoms with E-state index in [1.165, 1.54) is 16.2 Å². The second kappa shape index (κ2) is 9.50. The van der Waals surface area contributed by atoms with Crippen molar-refractivity contribution in [3.63, 3.8) is 0 Å². The number of carbonyl (C=O) groups excluding carboxylic acids is 2. The van der Waals surface area contributed by atoms with Gasteiger partial charge in [0.1, 0.15) is 5.82 Å². The predicted octanol–water partition coefficient (Wildman–Crippen LogP) is 4.91. The topological polar surface area (TPSA) is 91.8 Å². The number of fused-ring (bicyclic) bond motifs is 2. The van der Waals surface area contributed by atoms with Crippen LogP contribution < -0.4 is 5.32 Å². The Kier molecular flexibility index (Phi) is 6.65. The standard InChI is InChI=1S/C26H27N3O4S/c1-14-22-16(13-33-5)9-10-17(15(2)30)24(22)34-23(14)25(31)28-21-12-11-18-19(26(32)29(3)4)7-6-8-20(18)27-21/h6-12,25,31H,13H2,1-5H3,(H,27,28).